The molecule has 0 amide bonds. The van der Waals surface area contributed by atoms with Crippen molar-refractivity contribution in [3.8, 4) is 5.75 Å². The van der Waals surface area contributed by atoms with E-state index in [9.17, 15) is 14.9 Å². The molecule has 9 heteroatoms. The molecule has 0 radical (unpaired) electrons. The molecule has 7 nitrogen and oxygen atoms in total. The predicted octanol–water partition coefficient (Wildman–Crippen LogP) is 5.95. The van der Waals surface area contributed by atoms with E-state index in [2.05, 4.69) is 43.8 Å². The number of hydrogen-bond acceptors (Lipinski definition) is 6. The average Bonchev–Trinajstić information content (AvgIpc) is 3.04. The molecule has 2 aromatic carbocycles. The maximum Gasteiger partial charge on any atom is 0.363 e. The topological polar surface area (TPSA) is 91.0 Å². The summed E-state index contributed by atoms with van der Waals surface area (Å²) in [5.74, 6) is 0.118. The van der Waals surface area contributed by atoms with Gasteiger partial charge in [0.25, 0.3) is 5.69 Å². The van der Waals surface area contributed by atoms with Gasteiger partial charge in [0.1, 0.15) is 5.75 Å². The molecule has 0 fully saturated rings. The molecule has 156 valence electrons. The number of carbonyl (C=O) groups excluding carboxylic acids is 1. The quantitative estimate of drug-likeness (QED) is 0.143. The van der Waals surface area contributed by atoms with E-state index in [4.69, 9.17) is 9.47 Å². The summed E-state index contributed by atoms with van der Waals surface area (Å²) in [4.78, 5) is 27.3. The first-order valence-corrected chi connectivity index (χ1v) is 10.8. The number of nitrogens with zero attached hydrogens (tertiary/aromatic N) is 2. The van der Waals surface area contributed by atoms with Gasteiger partial charge in [-0.15, -0.1) is 0 Å². The van der Waals surface area contributed by atoms with E-state index in [1.165, 1.54) is 12.1 Å². The number of cyclic esters (lactones) is 1. The summed E-state index contributed by atoms with van der Waals surface area (Å²) >= 11 is 6.99. The molecule has 1 aliphatic rings. The molecule has 3 rings (SSSR count). The van der Waals surface area contributed by atoms with Crippen molar-refractivity contribution in [3.63, 3.8) is 0 Å². The van der Waals surface area contributed by atoms with Gasteiger partial charge in [0.15, 0.2) is 5.70 Å². The van der Waals surface area contributed by atoms with Gasteiger partial charge in [0, 0.05) is 17.2 Å². The van der Waals surface area contributed by atoms with Crippen LogP contribution in [-0.2, 0) is 9.53 Å². The lowest BCUT2D eigenvalue weighted by Crippen LogP contribution is -2.08. The second-order valence-corrected chi connectivity index (χ2v) is 8.27. The number of hydrogen-bond donors (Lipinski definition) is 0. The molecule has 0 aromatic heterocycles. The Hall–Kier alpha value is -2.52. The minimum Gasteiger partial charge on any atom is -0.491 e. The number of esters is 1. The van der Waals surface area contributed by atoms with Crippen LogP contribution in [0.4, 0.5) is 5.69 Å². The second kappa shape index (κ2) is 9.53. The maximum atomic E-state index is 12.3. The molecule has 0 N–H and O–H groups in total. The van der Waals surface area contributed by atoms with Crippen LogP contribution in [0, 0.1) is 17.0 Å². The number of ether oxygens (including phenoxy) is 2. The van der Waals surface area contributed by atoms with Gasteiger partial charge in [-0.05, 0) is 75.0 Å². The molecular weight excluding hydrogens is 520 g/mol. The zero-order chi connectivity index (χ0) is 21.8. The molecule has 2 aromatic rings. The Labute approximate surface area is 190 Å². The summed E-state index contributed by atoms with van der Waals surface area (Å²) in [5.41, 5.74) is 1.55. The number of carbonyl (C=O) groups is 1. The predicted molar refractivity (Wildman–Crippen MR) is 121 cm³/mol. The summed E-state index contributed by atoms with van der Waals surface area (Å²) in [5, 5.41) is 11.2. The first kappa shape index (κ1) is 22.2. The number of benzene rings is 2. The Kier molecular flexibility index (Phi) is 7.04. The largest absolute Gasteiger partial charge is 0.491 e. The molecule has 0 unspecified atom stereocenters. The number of unbranched alkanes of at least 4 members (excludes halogenated alkanes) is 1. The molecular formula is C21H18Br2N2O5. The van der Waals surface area contributed by atoms with Crippen LogP contribution in [0.25, 0.3) is 6.08 Å². The van der Waals surface area contributed by atoms with Gasteiger partial charge in [0.05, 0.1) is 20.5 Å². The van der Waals surface area contributed by atoms with Crippen molar-refractivity contribution >= 4 is 55.5 Å². The molecule has 0 saturated carbocycles. The lowest BCUT2D eigenvalue weighted by Gasteiger charge is -2.11. The number of halogens is 2. The third-order valence-corrected chi connectivity index (χ3v) is 5.60. The van der Waals surface area contributed by atoms with Crippen molar-refractivity contribution in [2.45, 2.75) is 26.7 Å². The number of aliphatic imine (C=N–C) groups is 1. The van der Waals surface area contributed by atoms with Gasteiger partial charge in [-0.2, -0.15) is 0 Å². The fraction of sp³-hybridized carbons (Fsp3) is 0.238. The monoisotopic (exact) mass is 536 g/mol. The molecule has 0 atom stereocenters. The van der Waals surface area contributed by atoms with E-state index in [-0.39, 0.29) is 17.3 Å². The highest BCUT2D eigenvalue weighted by molar-refractivity contribution is 9.11. The average molecular weight is 538 g/mol. The molecule has 0 saturated heterocycles. The van der Waals surface area contributed by atoms with Crippen molar-refractivity contribution in [2.24, 2.45) is 4.99 Å². The first-order chi connectivity index (χ1) is 14.3. The SMILES string of the molecule is CCCCOc1c(Br)cc(/C=C2\N=C(c3cccc([N+](=O)[O-])c3C)OC2=O)cc1Br. The zero-order valence-electron chi connectivity index (χ0n) is 16.3. The van der Waals surface area contributed by atoms with Gasteiger partial charge in [-0.3, -0.25) is 10.1 Å². The van der Waals surface area contributed by atoms with Crippen molar-refractivity contribution in [3.05, 3.63) is 71.8 Å². The third-order valence-electron chi connectivity index (χ3n) is 4.42. The van der Waals surface area contributed by atoms with E-state index < -0.39 is 10.9 Å². The van der Waals surface area contributed by atoms with Gasteiger partial charge >= 0.3 is 5.97 Å². The minimum atomic E-state index is -0.619. The van der Waals surface area contributed by atoms with Crippen LogP contribution in [0.3, 0.4) is 0 Å². The van der Waals surface area contributed by atoms with Crippen molar-refractivity contribution < 1.29 is 19.2 Å². The Morgan fingerprint density at radius 1 is 1.27 bits per heavy atom. The Morgan fingerprint density at radius 3 is 2.60 bits per heavy atom. The highest BCUT2D eigenvalue weighted by atomic mass is 79.9. The normalized spacial score (nSPS) is 14.6. The Balaban J connectivity index is 1.92. The van der Waals surface area contributed by atoms with E-state index in [1.54, 1.807) is 19.1 Å². The molecule has 0 aliphatic carbocycles. The highest BCUT2D eigenvalue weighted by Crippen LogP contribution is 2.36. The molecule has 1 aliphatic heterocycles. The highest BCUT2D eigenvalue weighted by Gasteiger charge is 2.27. The second-order valence-electron chi connectivity index (χ2n) is 6.56. The fourth-order valence-electron chi connectivity index (χ4n) is 2.85. The Morgan fingerprint density at radius 2 is 1.97 bits per heavy atom. The number of nitro benzene ring substituents is 1. The van der Waals surface area contributed by atoms with Crippen LogP contribution in [0.2, 0.25) is 0 Å². The summed E-state index contributed by atoms with van der Waals surface area (Å²) < 4.78 is 12.5. The summed E-state index contributed by atoms with van der Waals surface area (Å²) in [6.45, 7) is 4.29. The lowest BCUT2D eigenvalue weighted by atomic mass is 10.1. The summed E-state index contributed by atoms with van der Waals surface area (Å²) in [7, 11) is 0. The van der Waals surface area contributed by atoms with Gasteiger partial charge in [0.2, 0.25) is 5.90 Å². The standard InChI is InChI=1S/C21H18Br2N2O5/c1-3-4-8-29-19-15(22)9-13(10-16(19)23)11-17-21(26)30-20(24-17)14-6-5-7-18(12(14)2)25(27)28/h5-7,9-11H,3-4,8H2,1-2H3/b17-11-. The van der Waals surface area contributed by atoms with Crippen LogP contribution in [0.5, 0.6) is 5.75 Å². The van der Waals surface area contributed by atoms with Gasteiger partial charge < -0.3 is 9.47 Å². The van der Waals surface area contributed by atoms with Gasteiger partial charge in [-0.25, -0.2) is 9.79 Å². The first-order valence-electron chi connectivity index (χ1n) is 9.20. The lowest BCUT2D eigenvalue weighted by molar-refractivity contribution is -0.385. The van der Waals surface area contributed by atoms with E-state index in [0.717, 1.165) is 21.8 Å². The fourth-order valence-corrected chi connectivity index (χ4v) is 4.31. The number of nitro groups is 1. The van der Waals surface area contributed by atoms with E-state index in [0.29, 0.717) is 29.0 Å². The summed E-state index contributed by atoms with van der Waals surface area (Å²) in [6.07, 6.45) is 3.57. The van der Waals surface area contributed by atoms with Crippen LogP contribution >= 0.6 is 31.9 Å². The van der Waals surface area contributed by atoms with Crippen molar-refractivity contribution in [2.75, 3.05) is 6.61 Å². The third kappa shape index (κ3) is 4.79. The smallest absolute Gasteiger partial charge is 0.363 e. The van der Waals surface area contributed by atoms with Crippen LogP contribution in [0.15, 0.2) is 50.0 Å². The van der Waals surface area contributed by atoms with Crippen LogP contribution in [0.1, 0.15) is 36.5 Å². The molecule has 1 heterocycles. The summed E-state index contributed by atoms with van der Waals surface area (Å²) in [6, 6.07) is 8.19. The van der Waals surface area contributed by atoms with Crippen LogP contribution in [-0.4, -0.2) is 23.4 Å². The maximum absolute atomic E-state index is 12.3. The zero-order valence-corrected chi connectivity index (χ0v) is 19.4. The molecule has 0 bridgehead atoms. The Bertz CT molecular complexity index is 1060. The van der Waals surface area contributed by atoms with E-state index in [1.807, 2.05) is 12.1 Å². The molecule has 0 spiro atoms. The van der Waals surface area contributed by atoms with Crippen LogP contribution < -0.4 is 4.74 Å². The van der Waals surface area contributed by atoms with Gasteiger partial charge in [-0.1, -0.05) is 19.4 Å². The van der Waals surface area contributed by atoms with Crippen molar-refractivity contribution in [1.29, 1.82) is 0 Å². The van der Waals surface area contributed by atoms with E-state index >= 15 is 0 Å². The molecule has 30 heavy (non-hydrogen) atoms. The number of rotatable bonds is 7. The minimum absolute atomic E-state index is 0.0464. The van der Waals surface area contributed by atoms with Crippen molar-refractivity contribution in [1.82, 2.24) is 0 Å².